The van der Waals surface area contributed by atoms with Crippen molar-refractivity contribution in [1.29, 1.82) is 0 Å². The minimum Gasteiger partial charge on any atom is -0.402 e. The quantitative estimate of drug-likeness (QED) is 0.589. The number of amides is 1. The SMILES string of the molecule is O=C(Nc1nnc(-c2ccc(Br)s2)o1)[C@H]1CCCN1S(=O)(=O)c1cccs1. The van der Waals surface area contributed by atoms with E-state index in [0.717, 1.165) is 20.0 Å². The summed E-state index contributed by atoms with van der Waals surface area (Å²) in [6, 6.07) is 6.03. The van der Waals surface area contributed by atoms with Gasteiger partial charge in [-0.05, 0) is 52.4 Å². The van der Waals surface area contributed by atoms with Crippen LogP contribution in [0, 0.1) is 0 Å². The minimum atomic E-state index is -3.70. The summed E-state index contributed by atoms with van der Waals surface area (Å²) in [6.45, 7) is 0.302. The first kappa shape index (κ1) is 18.7. The largest absolute Gasteiger partial charge is 0.402 e. The van der Waals surface area contributed by atoms with Crippen molar-refractivity contribution in [1.82, 2.24) is 14.5 Å². The molecule has 27 heavy (non-hydrogen) atoms. The summed E-state index contributed by atoms with van der Waals surface area (Å²) < 4.78 is 33.4. The summed E-state index contributed by atoms with van der Waals surface area (Å²) in [4.78, 5) is 13.4. The lowest BCUT2D eigenvalue weighted by Gasteiger charge is -2.21. The molecule has 0 saturated carbocycles. The molecule has 3 aromatic rings. The van der Waals surface area contributed by atoms with Crippen LogP contribution in [0.25, 0.3) is 10.8 Å². The first-order valence-electron chi connectivity index (χ1n) is 7.90. The van der Waals surface area contributed by atoms with E-state index in [1.165, 1.54) is 21.7 Å². The van der Waals surface area contributed by atoms with Crippen LogP contribution in [0.2, 0.25) is 0 Å². The minimum absolute atomic E-state index is 0.0557. The van der Waals surface area contributed by atoms with Gasteiger partial charge in [0, 0.05) is 6.54 Å². The lowest BCUT2D eigenvalue weighted by Crippen LogP contribution is -2.42. The highest BCUT2D eigenvalue weighted by atomic mass is 79.9. The third-order valence-corrected chi connectivity index (χ3v) is 8.90. The molecular formula is C15H13BrN4O4S3. The van der Waals surface area contributed by atoms with Gasteiger partial charge in [-0.25, -0.2) is 8.42 Å². The molecule has 1 atom stereocenters. The Morgan fingerprint density at radius 1 is 1.33 bits per heavy atom. The molecule has 1 amide bonds. The smallest absolute Gasteiger partial charge is 0.322 e. The number of anilines is 1. The molecule has 0 radical (unpaired) electrons. The second-order valence-corrected chi connectivity index (χ2v) is 11.2. The van der Waals surface area contributed by atoms with Crippen molar-refractivity contribution in [2.75, 3.05) is 11.9 Å². The molecule has 12 heteroatoms. The summed E-state index contributed by atoms with van der Waals surface area (Å²) in [5, 5.41) is 12.0. The van der Waals surface area contributed by atoms with Gasteiger partial charge in [0.25, 0.3) is 15.9 Å². The molecule has 0 aliphatic carbocycles. The van der Waals surface area contributed by atoms with Crippen LogP contribution < -0.4 is 5.32 Å². The number of rotatable bonds is 5. The molecule has 0 bridgehead atoms. The Labute approximate surface area is 171 Å². The van der Waals surface area contributed by atoms with Crippen LogP contribution in [0.4, 0.5) is 6.01 Å². The van der Waals surface area contributed by atoms with E-state index in [0.29, 0.717) is 19.4 Å². The van der Waals surface area contributed by atoms with E-state index in [1.807, 2.05) is 12.1 Å². The molecule has 0 spiro atoms. The van der Waals surface area contributed by atoms with E-state index >= 15 is 0 Å². The Morgan fingerprint density at radius 2 is 2.19 bits per heavy atom. The fraction of sp³-hybridized carbons (Fsp3) is 0.267. The summed E-state index contributed by atoms with van der Waals surface area (Å²) in [5.41, 5.74) is 0. The van der Waals surface area contributed by atoms with Crippen LogP contribution in [-0.2, 0) is 14.8 Å². The van der Waals surface area contributed by atoms with Gasteiger partial charge in [-0.2, -0.15) is 4.31 Å². The molecule has 8 nitrogen and oxygen atoms in total. The maximum atomic E-state index is 12.8. The van der Waals surface area contributed by atoms with Crippen LogP contribution in [0.15, 0.2) is 42.1 Å². The number of hydrogen-bond acceptors (Lipinski definition) is 8. The van der Waals surface area contributed by atoms with Gasteiger partial charge >= 0.3 is 6.01 Å². The highest BCUT2D eigenvalue weighted by Gasteiger charge is 2.40. The molecule has 0 aromatic carbocycles. The Morgan fingerprint density at radius 3 is 2.89 bits per heavy atom. The maximum Gasteiger partial charge on any atom is 0.322 e. The van der Waals surface area contributed by atoms with Crippen molar-refractivity contribution in [2.45, 2.75) is 23.1 Å². The molecule has 1 N–H and O–H groups in total. The van der Waals surface area contributed by atoms with E-state index in [9.17, 15) is 13.2 Å². The van der Waals surface area contributed by atoms with Gasteiger partial charge in [-0.15, -0.1) is 27.8 Å². The Kier molecular flexibility index (Phi) is 5.16. The van der Waals surface area contributed by atoms with Crippen LogP contribution in [0.3, 0.4) is 0 Å². The molecule has 4 rings (SSSR count). The molecule has 1 aliphatic heterocycles. The maximum absolute atomic E-state index is 12.8. The summed E-state index contributed by atoms with van der Waals surface area (Å²) in [6.07, 6.45) is 1.05. The number of carbonyl (C=O) groups is 1. The first-order chi connectivity index (χ1) is 12.9. The number of carbonyl (C=O) groups excluding carboxylic acids is 1. The standard InChI is InChI=1S/C15H13BrN4O4S3/c16-11-6-5-10(26-11)14-18-19-15(24-14)17-13(21)9-3-1-7-20(9)27(22,23)12-4-2-8-25-12/h2,4-6,8-9H,1,3,7H2,(H,17,19,21)/t9-/m1/s1. The topological polar surface area (TPSA) is 105 Å². The average molecular weight is 489 g/mol. The Balaban J connectivity index is 1.50. The predicted octanol–water partition coefficient (Wildman–Crippen LogP) is 3.41. The number of halogens is 1. The van der Waals surface area contributed by atoms with Crippen LogP contribution in [0.5, 0.6) is 0 Å². The fourth-order valence-electron chi connectivity index (χ4n) is 2.81. The van der Waals surface area contributed by atoms with Crippen LogP contribution >= 0.6 is 38.6 Å². The summed E-state index contributed by atoms with van der Waals surface area (Å²) in [7, 11) is -3.70. The zero-order valence-electron chi connectivity index (χ0n) is 13.7. The second-order valence-electron chi connectivity index (χ2n) is 5.71. The normalized spacial score (nSPS) is 18.0. The molecule has 4 heterocycles. The van der Waals surface area contributed by atoms with Gasteiger partial charge in [-0.3, -0.25) is 10.1 Å². The number of aromatic nitrogens is 2. The van der Waals surface area contributed by atoms with Gasteiger partial charge < -0.3 is 4.42 Å². The highest BCUT2D eigenvalue weighted by Crippen LogP contribution is 2.32. The van der Waals surface area contributed by atoms with Gasteiger partial charge in [0.15, 0.2) is 0 Å². The van der Waals surface area contributed by atoms with Gasteiger partial charge in [0.2, 0.25) is 5.91 Å². The lowest BCUT2D eigenvalue weighted by molar-refractivity contribution is -0.119. The molecule has 1 fully saturated rings. The Bertz CT molecular complexity index is 1060. The van der Waals surface area contributed by atoms with Crippen molar-refractivity contribution in [3.05, 3.63) is 33.4 Å². The van der Waals surface area contributed by atoms with Crippen molar-refractivity contribution in [3.63, 3.8) is 0 Å². The number of nitrogens with zero attached hydrogens (tertiary/aromatic N) is 3. The fourth-order valence-corrected chi connectivity index (χ4v) is 6.89. The predicted molar refractivity (Wildman–Crippen MR) is 105 cm³/mol. The van der Waals surface area contributed by atoms with Gasteiger partial charge in [0.05, 0.1) is 8.66 Å². The number of sulfonamides is 1. The first-order valence-corrected chi connectivity index (χ1v) is 11.8. The average Bonchev–Trinajstić information content (AvgIpc) is 3.41. The molecular weight excluding hydrogens is 476 g/mol. The summed E-state index contributed by atoms with van der Waals surface area (Å²) >= 11 is 5.91. The van der Waals surface area contributed by atoms with E-state index in [4.69, 9.17) is 4.42 Å². The Hall–Kier alpha value is -1.60. The van der Waals surface area contributed by atoms with E-state index < -0.39 is 22.0 Å². The van der Waals surface area contributed by atoms with Crippen molar-refractivity contribution < 1.29 is 17.6 Å². The van der Waals surface area contributed by atoms with Crippen LogP contribution in [-0.4, -0.2) is 41.4 Å². The zero-order chi connectivity index (χ0) is 19.0. The molecule has 3 aromatic heterocycles. The van der Waals surface area contributed by atoms with Crippen molar-refractivity contribution >= 4 is 60.5 Å². The number of nitrogens with one attached hydrogen (secondary N) is 1. The monoisotopic (exact) mass is 488 g/mol. The third-order valence-electron chi connectivity index (χ3n) is 4.00. The molecule has 1 saturated heterocycles. The molecule has 1 aliphatic rings. The molecule has 142 valence electrons. The van der Waals surface area contributed by atoms with Crippen LogP contribution in [0.1, 0.15) is 12.8 Å². The van der Waals surface area contributed by atoms with E-state index in [1.54, 1.807) is 11.4 Å². The molecule has 0 unspecified atom stereocenters. The zero-order valence-corrected chi connectivity index (χ0v) is 17.7. The van der Waals surface area contributed by atoms with E-state index in [-0.39, 0.29) is 16.1 Å². The summed E-state index contributed by atoms with van der Waals surface area (Å²) in [5.74, 6) is -0.189. The van der Waals surface area contributed by atoms with Gasteiger partial charge in [-0.1, -0.05) is 11.2 Å². The lowest BCUT2D eigenvalue weighted by atomic mass is 10.2. The van der Waals surface area contributed by atoms with Gasteiger partial charge in [0.1, 0.15) is 10.3 Å². The van der Waals surface area contributed by atoms with Crippen molar-refractivity contribution in [2.24, 2.45) is 0 Å². The highest BCUT2D eigenvalue weighted by molar-refractivity contribution is 9.11. The third kappa shape index (κ3) is 3.72. The number of hydrogen-bond donors (Lipinski definition) is 1. The van der Waals surface area contributed by atoms with Crippen molar-refractivity contribution in [3.8, 4) is 10.8 Å². The van der Waals surface area contributed by atoms with E-state index in [2.05, 4.69) is 31.4 Å². The number of thiophene rings is 2. The second kappa shape index (κ2) is 7.43.